The van der Waals surface area contributed by atoms with E-state index in [0.29, 0.717) is 29.8 Å². The van der Waals surface area contributed by atoms with Crippen LogP contribution in [0.5, 0.6) is 0 Å². The maximum Gasteiger partial charge on any atom is 0.393 e. The highest BCUT2D eigenvalue weighted by Gasteiger charge is 2.42. The van der Waals surface area contributed by atoms with E-state index < -0.39 is 12.1 Å². The normalized spacial score (nSPS) is 19.8. The molecule has 1 aromatic rings. The number of hydrogen-bond acceptors (Lipinski definition) is 4. The number of anilines is 1. The fourth-order valence-electron chi connectivity index (χ4n) is 2.39. The minimum absolute atomic E-state index is 0.125. The van der Waals surface area contributed by atoms with Crippen LogP contribution in [-0.4, -0.2) is 29.5 Å². The van der Waals surface area contributed by atoms with Crippen LogP contribution in [-0.2, 0) is 0 Å². The van der Waals surface area contributed by atoms with E-state index in [4.69, 9.17) is 0 Å². The van der Waals surface area contributed by atoms with E-state index in [2.05, 4.69) is 10.2 Å². The van der Waals surface area contributed by atoms with Gasteiger partial charge in [-0.25, -0.2) is 0 Å². The summed E-state index contributed by atoms with van der Waals surface area (Å²) >= 11 is 0. The summed E-state index contributed by atoms with van der Waals surface area (Å²) in [6.07, 6.45) is -3.65. The fourth-order valence-corrected chi connectivity index (χ4v) is 2.39. The molecule has 20 heavy (non-hydrogen) atoms. The zero-order valence-electron chi connectivity index (χ0n) is 11.3. The van der Waals surface area contributed by atoms with Gasteiger partial charge in [0.2, 0.25) is 0 Å². The molecule has 2 heterocycles. The molecule has 0 aliphatic carbocycles. The summed E-state index contributed by atoms with van der Waals surface area (Å²) in [4.78, 5) is 1.53. The van der Waals surface area contributed by atoms with Crippen LogP contribution in [0.4, 0.5) is 19.0 Å². The Morgan fingerprint density at radius 1 is 1.30 bits per heavy atom. The Labute approximate surface area is 115 Å². The van der Waals surface area contributed by atoms with Gasteiger partial charge >= 0.3 is 6.18 Å². The summed E-state index contributed by atoms with van der Waals surface area (Å²) in [5.41, 5.74) is 1.61. The van der Waals surface area contributed by atoms with Crippen LogP contribution in [0.25, 0.3) is 0 Å². The van der Waals surface area contributed by atoms with Gasteiger partial charge < -0.3 is 4.90 Å². The molecule has 0 spiro atoms. The minimum Gasteiger partial charge on any atom is -0.353 e. The Bertz CT molecular complexity index is 548. The van der Waals surface area contributed by atoms with Crippen molar-refractivity contribution in [2.75, 3.05) is 18.0 Å². The molecule has 1 aliphatic heterocycles. The van der Waals surface area contributed by atoms with Crippen LogP contribution in [0, 0.1) is 31.1 Å². The molecule has 2 rings (SSSR count). The number of alkyl halides is 3. The molecular weight excluding hydrogens is 269 g/mol. The molecule has 1 aliphatic rings. The summed E-state index contributed by atoms with van der Waals surface area (Å²) in [5.74, 6) is -1.10. The van der Waals surface area contributed by atoms with Gasteiger partial charge in [-0.3, -0.25) is 0 Å². The van der Waals surface area contributed by atoms with Crippen molar-refractivity contribution in [1.29, 1.82) is 5.26 Å². The molecule has 1 fully saturated rings. The SMILES string of the molecule is Cc1nnc(N2CCCC(C(F)(F)F)C2)c(C#N)c1C. The van der Waals surface area contributed by atoms with E-state index in [1.54, 1.807) is 13.8 Å². The van der Waals surface area contributed by atoms with Crippen molar-refractivity contribution in [2.45, 2.75) is 32.9 Å². The van der Waals surface area contributed by atoms with Crippen molar-refractivity contribution in [3.63, 3.8) is 0 Å². The predicted molar refractivity (Wildman–Crippen MR) is 67.2 cm³/mol. The number of halogens is 3. The van der Waals surface area contributed by atoms with Crippen LogP contribution >= 0.6 is 0 Å². The predicted octanol–water partition coefficient (Wildman–Crippen LogP) is 2.74. The highest BCUT2D eigenvalue weighted by Crippen LogP contribution is 2.35. The maximum absolute atomic E-state index is 12.8. The number of aromatic nitrogens is 2. The lowest BCUT2D eigenvalue weighted by Crippen LogP contribution is -2.42. The average Bonchev–Trinajstić information content (AvgIpc) is 2.41. The largest absolute Gasteiger partial charge is 0.393 e. The van der Waals surface area contributed by atoms with Gasteiger partial charge in [-0.1, -0.05) is 0 Å². The Hall–Kier alpha value is -1.84. The molecule has 1 unspecified atom stereocenters. The van der Waals surface area contributed by atoms with Gasteiger partial charge in [-0.05, 0) is 32.3 Å². The third-order valence-electron chi connectivity index (χ3n) is 3.73. The molecule has 1 atom stereocenters. The molecule has 108 valence electrons. The number of piperidine rings is 1. The van der Waals surface area contributed by atoms with Crippen LogP contribution in [0.2, 0.25) is 0 Å². The van der Waals surface area contributed by atoms with Gasteiger partial charge in [0, 0.05) is 13.1 Å². The molecule has 1 saturated heterocycles. The Morgan fingerprint density at radius 2 is 2.00 bits per heavy atom. The Morgan fingerprint density at radius 3 is 2.60 bits per heavy atom. The highest BCUT2D eigenvalue weighted by atomic mass is 19.4. The molecular formula is C13H15F3N4. The van der Waals surface area contributed by atoms with Crippen molar-refractivity contribution in [3.05, 3.63) is 16.8 Å². The van der Waals surface area contributed by atoms with Gasteiger partial charge in [0.25, 0.3) is 0 Å². The second kappa shape index (κ2) is 5.27. The van der Waals surface area contributed by atoms with E-state index in [9.17, 15) is 18.4 Å². The van der Waals surface area contributed by atoms with E-state index in [1.165, 1.54) is 4.90 Å². The lowest BCUT2D eigenvalue weighted by atomic mass is 9.97. The van der Waals surface area contributed by atoms with Crippen molar-refractivity contribution in [2.24, 2.45) is 5.92 Å². The zero-order valence-corrected chi connectivity index (χ0v) is 11.3. The quantitative estimate of drug-likeness (QED) is 0.795. The van der Waals surface area contributed by atoms with Gasteiger partial charge in [0.05, 0.1) is 11.6 Å². The van der Waals surface area contributed by atoms with Crippen LogP contribution in [0.1, 0.15) is 29.7 Å². The first kappa shape index (κ1) is 14.6. The second-order valence-electron chi connectivity index (χ2n) is 5.05. The summed E-state index contributed by atoms with van der Waals surface area (Å²) in [6.45, 7) is 3.77. The van der Waals surface area contributed by atoms with Gasteiger partial charge in [-0.15, -0.1) is 5.10 Å². The highest BCUT2D eigenvalue weighted by molar-refractivity contribution is 5.57. The van der Waals surface area contributed by atoms with Crippen molar-refractivity contribution in [3.8, 4) is 6.07 Å². The number of nitriles is 1. The summed E-state index contributed by atoms with van der Waals surface area (Å²) in [5, 5.41) is 17.1. The van der Waals surface area contributed by atoms with Crippen molar-refractivity contribution in [1.82, 2.24) is 10.2 Å². The number of hydrogen-bond donors (Lipinski definition) is 0. The summed E-state index contributed by atoms with van der Waals surface area (Å²) < 4.78 is 38.5. The average molecular weight is 284 g/mol. The standard InChI is InChI=1S/C13H15F3N4/c1-8-9(2)18-19-12(11(8)6-17)20-5-3-4-10(7-20)13(14,15)16/h10H,3-5,7H2,1-2H3. The molecule has 7 heteroatoms. The molecule has 4 nitrogen and oxygen atoms in total. The smallest absolute Gasteiger partial charge is 0.353 e. The van der Waals surface area contributed by atoms with E-state index in [-0.39, 0.29) is 18.8 Å². The Kier molecular flexibility index (Phi) is 3.84. The zero-order chi connectivity index (χ0) is 14.9. The van der Waals surface area contributed by atoms with E-state index in [0.717, 1.165) is 0 Å². The van der Waals surface area contributed by atoms with Gasteiger partial charge in [0.15, 0.2) is 5.82 Å². The maximum atomic E-state index is 12.8. The molecule has 0 radical (unpaired) electrons. The molecule has 0 amide bonds. The van der Waals surface area contributed by atoms with Crippen molar-refractivity contribution >= 4 is 5.82 Å². The van der Waals surface area contributed by atoms with E-state index >= 15 is 0 Å². The lowest BCUT2D eigenvalue weighted by molar-refractivity contribution is -0.176. The minimum atomic E-state index is -4.21. The van der Waals surface area contributed by atoms with Crippen LogP contribution in [0.15, 0.2) is 0 Å². The Balaban J connectivity index is 2.33. The van der Waals surface area contributed by atoms with Gasteiger partial charge in [0.1, 0.15) is 11.6 Å². The lowest BCUT2D eigenvalue weighted by Gasteiger charge is -2.34. The fraction of sp³-hybridized carbons (Fsp3) is 0.615. The number of aryl methyl sites for hydroxylation is 1. The topological polar surface area (TPSA) is 52.8 Å². The first-order chi connectivity index (χ1) is 9.34. The van der Waals surface area contributed by atoms with E-state index in [1.807, 2.05) is 6.07 Å². The first-order valence-corrected chi connectivity index (χ1v) is 6.40. The van der Waals surface area contributed by atoms with Crippen LogP contribution in [0.3, 0.4) is 0 Å². The van der Waals surface area contributed by atoms with Crippen molar-refractivity contribution < 1.29 is 13.2 Å². The third-order valence-corrected chi connectivity index (χ3v) is 3.73. The number of nitrogens with zero attached hydrogens (tertiary/aromatic N) is 4. The summed E-state index contributed by atoms with van der Waals surface area (Å²) in [6, 6.07) is 2.03. The van der Waals surface area contributed by atoms with Crippen LogP contribution < -0.4 is 4.90 Å². The molecule has 0 aromatic carbocycles. The molecule has 0 N–H and O–H groups in total. The third kappa shape index (κ3) is 2.69. The first-order valence-electron chi connectivity index (χ1n) is 6.40. The molecule has 1 aromatic heterocycles. The number of rotatable bonds is 1. The second-order valence-corrected chi connectivity index (χ2v) is 5.05. The molecule has 0 saturated carbocycles. The molecule has 0 bridgehead atoms. The van der Waals surface area contributed by atoms with Gasteiger partial charge in [-0.2, -0.15) is 23.5 Å². The summed E-state index contributed by atoms with van der Waals surface area (Å²) in [7, 11) is 0. The monoisotopic (exact) mass is 284 g/mol.